The minimum Gasteiger partial charge on any atom is -0.493 e. The molecule has 0 aliphatic carbocycles. The SMILES string of the molecule is COc1cc(CN(CCN)CCc2ccccc2)cc(OC)c1OC. The Kier molecular flexibility index (Phi) is 7.57. The number of rotatable bonds is 10. The molecule has 0 aromatic heterocycles. The maximum atomic E-state index is 5.80. The van der Waals surface area contributed by atoms with Gasteiger partial charge in [0.25, 0.3) is 0 Å². The predicted octanol–water partition coefficient (Wildman–Crippen LogP) is 2.72. The van der Waals surface area contributed by atoms with Gasteiger partial charge in [-0.05, 0) is 29.7 Å². The van der Waals surface area contributed by atoms with Crippen LogP contribution < -0.4 is 19.9 Å². The largest absolute Gasteiger partial charge is 0.493 e. The van der Waals surface area contributed by atoms with Crippen LogP contribution in [0.4, 0.5) is 0 Å². The summed E-state index contributed by atoms with van der Waals surface area (Å²) in [6.07, 6.45) is 0.991. The highest BCUT2D eigenvalue weighted by atomic mass is 16.5. The van der Waals surface area contributed by atoms with Gasteiger partial charge in [0.05, 0.1) is 21.3 Å². The van der Waals surface area contributed by atoms with E-state index in [1.165, 1.54) is 5.56 Å². The monoisotopic (exact) mass is 344 g/mol. The fraction of sp³-hybridized carbons (Fsp3) is 0.400. The van der Waals surface area contributed by atoms with Crippen LogP contribution in [0.5, 0.6) is 17.2 Å². The quantitative estimate of drug-likeness (QED) is 0.718. The van der Waals surface area contributed by atoms with Crippen LogP contribution in [0.2, 0.25) is 0 Å². The first-order chi connectivity index (χ1) is 12.2. The molecule has 2 aromatic rings. The van der Waals surface area contributed by atoms with Crippen molar-refractivity contribution in [3.8, 4) is 17.2 Å². The van der Waals surface area contributed by atoms with E-state index in [4.69, 9.17) is 19.9 Å². The maximum Gasteiger partial charge on any atom is 0.203 e. The second kappa shape index (κ2) is 9.91. The lowest BCUT2D eigenvalue weighted by molar-refractivity contribution is 0.274. The van der Waals surface area contributed by atoms with Crippen LogP contribution in [0.25, 0.3) is 0 Å². The summed E-state index contributed by atoms with van der Waals surface area (Å²) in [6.45, 7) is 3.18. The Bertz CT molecular complexity index is 622. The molecule has 0 saturated heterocycles. The number of ether oxygens (including phenoxy) is 3. The fourth-order valence-corrected chi connectivity index (χ4v) is 2.87. The standard InChI is InChI=1S/C20H28N2O3/c1-23-18-13-17(14-19(24-2)20(18)25-3)15-22(12-10-21)11-9-16-7-5-4-6-8-16/h4-8,13-14H,9-12,15,21H2,1-3H3. The molecule has 0 radical (unpaired) electrons. The van der Waals surface area contributed by atoms with Crippen molar-refractivity contribution in [2.45, 2.75) is 13.0 Å². The first-order valence-corrected chi connectivity index (χ1v) is 8.47. The van der Waals surface area contributed by atoms with Crippen LogP contribution in [-0.2, 0) is 13.0 Å². The van der Waals surface area contributed by atoms with Gasteiger partial charge >= 0.3 is 0 Å². The number of benzene rings is 2. The van der Waals surface area contributed by atoms with Gasteiger partial charge in [0.15, 0.2) is 11.5 Å². The number of nitrogens with zero attached hydrogens (tertiary/aromatic N) is 1. The van der Waals surface area contributed by atoms with Gasteiger partial charge in [-0.1, -0.05) is 30.3 Å². The zero-order valence-corrected chi connectivity index (χ0v) is 15.3. The predicted molar refractivity (Wildman–Crippen MR) is 101 cm³/mol. The Morgan fingerprint density at radius 2 is 1.48 bits per heavy atom. The summed E-state index contributed by atoms with van der Waals surface area (Å²) in [6, 6.07) is 14.5. The summed E-state index contributed by atoms with van der Waals surface area (Å²) in [5.41, 5.74) is 8.23. The average molecular weight is 344 g/mol. The molecule has 5 heteroatoms. The highest BCUT2D eigenvalue weighted by molar-refractivity contribution is 5.53. The van der Waals surface area contributed by atoms with Gasteiger partial charge in [0, 0.05) is 26.2 Å². The summed E-state index contributed by atoms with van der Waals surface area (Å²) in [7, 11) is 4.88. The highest BCUT2D eigenvalue weighted by Gasteiger charge is 2.15. The number of nitrogens with two attached hydrogens (primary N) is 1. The van der Waals surface area contributed by atoms with Gasteiger partial charge in [0.2, 0.25) is 5.75 Å². The van der Waals surface area contributed by atoms with Gasteiger partial charge in [-0.3, -0.25) is 4.90 Å². The molecule has 2 N–H and O–H groups in total. The molecule has 2 rings (SSSR count). The minimum absolute atomic E-state index is 0.614. The van der Waals surface area contributed by atoms with E-state index in [2.05, 4.69) is 29.2 Å². The lowest BCUT2D eigenvalue weighted by atomic mass is 10.1. The fourth-order valence-electron chi connectivity index (χ4n) is 2.87. The molecule has 0 atom stereocenters. The summed E-state index contributed by atoms with van der Waals surface area (Å²) in [5.74, 6) is 1.96. The minimum atomic E-state index is 0.614. The lowest BCUT2D eigenvalue weighted by Gasteiger charge is -2.23. The maximum absolute atomic E-state index is 5.80. The second-order valence-corrected chi connectivity index (χ2v) is 5.83. The van der Waals surface area contributed by atoms with E-state index < -0.39 is 0 Å². The Morgan fingerprint density at radius 3 is 2.00 bits per heavy atom. The smallest absolute Gasteiger partial charge is 0.203 e. The molecule has 0 bridgehead atoms. The molecular formula is C20H28N2O3. The normalized spacial score (nSPS) is 10.8. The van der Waals surface area contributed by atoms with Crippen LogP contribution in [0.3, 0.4) is 0 Å². The Balaban J connectivity index is 2.12. The van der Waals surface area contributed by atoms with Gasteiger partial charge in [-0.2, -0.15) is 0 Å². The van der Waals surface area contributed by atoms with E-state index in [0.29, 0.717) is 23.8 Å². The van der Waals surface area contributed by atoms with E-state index in [1.807, 2.05) is 18.2 Å². The Morgan fingerprint density at radius 1 is 0.840 bits per heavy atom. The molecule has 0 saturated carbocycles. The Hall–Kier alpha value is -2.24. The molecule has 2 aromatic carbocycles. The van der Waals surface area contributed by atoms with E-state index >= 15 is 0 Å². The van der Waals surface area contributed by atoms with Crippen LogP contribution in [0, 0.1) is 0 Å². The van der Waals surface area contributed by atoms with E-state index in [1.54, 1.807) is 21.3 Å². The van der Waals surface area contributed by atoms with Crippen molar-refractivity contribution >= 4 is 0 Å². The summed E-state index contributed by atoms with van der Waals surface area (Å²) < 4.78 is 16.3. The third-order valence-corrected chi connectivity index (χ3v) is 4.14. The molecule has 0 unspecified atom stereocenters. The summed E-state index contributed by atoms with van der Waals surface area (Å²) in [5, 5.41) is 0. The van der Waals surface area contributed by atoms with E-state index in [0.717, 1.165) is 31.6 Å². The van der Waals surface area contributed by atoms with Gasteiger partial charge in [0.1, 0.15) is 0 Å². The topological polar surface area (TPSA) is 57.0 Å². The van der Waals surface area contributed by atoms with Crippen molar-refractivity contribution in [2.75, 3.05) is 41.0 Å². The number of hydrogen-bond acceptors (Lipinski definition) is 5. The Labute approximate surface area is 150 Å². The molecule has 0 aliphatic heterocycles. The van der Waals surface area contributed by atoms with Crippen molar-refractivity contribution < 1.29 is 14.2 Å². The third-order valence-electron chi connectivity index (χ3n) is 4.14. The molecule has 136 valence electrons. The van der Waals surface area contributed by atoms with Crippen molar-refractivity contribution in [3.63, 3.8) is 0 Å². The van der Waals surface area contributed by atoms with Gasteiger partial charge in [-0.15, -0.1) is 0 Å². The molecule has 0 amide bonds. The second-order valence-electron chi connectivity index (χ2n) is 5.83. The third kappa shape index (κ3) is 5.37. The van der Waals surface area contributed by atoms with Crippen molar-refractivity contribution in [3.05, 3.63) is 53.6 Å². The van der Waals surface area contributed by atoms with Crippen molar-refractivity contribution in [1.82, 2.24) is 4.90 Å². The van der Waals surface area contributed by atoms with Crippen molar-refractivity contribution in [1.29, 1.82) is 0 Å². The molecule has 0 aliphatic rings. The zero-order valence-electron chi connectivity index (χ0n) is 15.3. The zero-order chi connectivity index (χ0) is 18.1. The first-order valence-electron chi connectivity index (χ1n) is 8.47. The van der Waals surface area contributed by atoms with Crippen LogP contribution in [0.1, 0.15) is 11.1 Å². The first kappa shape index (κ1) is 19.1. The van der Waals surface area contributed by atoms with Crippen molar-refractivity contribution in [2.24, 2.45) is 5.73 Å². The van der Waals surface area contributed by atoms with Crippen LogP contribution in [0.15, 0.2) is 42.5 Å². The van der Waals surface area contributed by atoms with E-state index in [9.17, 15) is 0 Å². The van der Waals surface area contributed by atoms with Crippen LogP contribution >= 0.6 is 0 Å². The van der Waals surface area contributed by atoms with Gasteiger partial charge < -0.3 is 19.9 Å². The summed E-state index contributed by atoms with van der Waals surface area (Å²) >= 11 is 0. The average Bonchev–Trinajstić information content (AvgIpc) is 2.66. The van der Waals surface area contributed by atoms with Gasteiger partial charge in [-0.25, -0.2) is 0 Å². The molecule has 25 heavy (non-hydrogen) atoms. The van der Waals surface area contributed by atoms with E-state index in [-0.39, 0.29) is 0 Å². The highest BCUT2D eigenvalue weighted by Crippen LogP contribution is 2.38. The number of methoxy groups -OCH3 is 3. The molecular weight excluding hydrogens is 316 g/mol. The molecule has 0 spiro atoms. The molecule has 0 heterocycles. The summed E-state index contributed by atoms with van der Waals surface area (Å²) in [4.78, 5) is 2.34. The molecule has 0 fully saturated rings. The lowest BCUT2D eigenvalue weighted by Crippen LogP contribution is -2.31. The van der Waals surface area contributed by atoms with Crippen LogP contribution in [-0.4, -0.2) is 45.9 Å². The molecule has 5 nitrogen and oxygen atoms in total. The number of hydrogen-bond donors (Lipinski definition) is 1.